The predicted molar refractivity (Wildman–Crippen MR) is 80.9 cm³/mol. The van der Waals surface area contributed by atoms with Crippen molar-refractivity contribution in [1.82, 2.24) is 4.90 Å². The number of carbonyl (C=O) groups excluding carboxylic acids is 1. The summed E-state index contributed by atoms with van der Waals surface area (Å²) in [5, 5.41) is 9.73. The van der Waals surface area contributed by atoms with Crippen molar-refractivity contribution >= 4 is 41.3 Å². The second-order valence-electron chi connectivity index (χ2n) is 4.35. The Hall–Kier alpha value is -1.46. The van der Waals surface area contributed by atoms with Gasteiger partial charge in [-0.2, -0.15) is 11.8 Å². The average molecular weight is 312 g/mol. The number of carbonyl (C=O) groups is 2. The first-order valence-corrected chi connectivity index (χ1v) is 7.66. The summed E-state index contributed by atoms with van der Waals surface area (Å²) in [4.78, 5) is 24.6. The maximum Gasteiger partial charge on any atom is 0.327 e. The highest BCUT2D eigenvalue weighted by atomic mass is 35.5. The van der Waals surface area contributed by atoms with Crippen LogP contribution in [0.5, 0.6) is 0 Å². The summed E-state index contributed by atoms with van der Waals surface area (Å²) in [5.41, 5.74) is 0.809. The number of nitrogens with zero attached hydrogens (tertiary/aromatic N) is 1. The highest BCUT2D eigenvalue weighted by Gasteiger charge is 2.31. The maximum absolute atomic E-state index is 12.1. The first-order valence-electron chi connectivity index (χ1n) is 6.13. The second-order valence-corrected chi connectivity index (χ2v) is 5.94. The zero-order chi connectivity index (χ0) is 14.5. The van der Waals surface area contributed by atoms with Crippen LogP contribution < -0.4 is 0 Å². The SMILES string of the molecule is O=C(O)C1CSCCN1C(=O)/C=C/c1cccc(Cl)c1. The molecule has 4 nitrogen and oxygen atoms in total. The molecule has 106 valence electrons. The Balaban J connectivity index is 2.08. The first kappa shape index (κ1) is 14.9. The van der Waals surface area contributed by atoms with Crippen molar-refractivity contribution in [2.24, 2.45) is 0 Å². The van der Waals surface area contributed by atoms with Crippen LogP contribution in [0.3, 0.4) is 0 Å². The lowest BCUT2D eigenvalue weighted by atomic mass is 10.2. The molecule has 1 fully saturated rings. The molecule has 1 N–H and O–H groups in total. The van der Waals surface area contributed by atoms with Gasteiger partial charge in [0.05, 0.1) is 0 Å². The van der Waals surface area contributed by atoms with Crippen molar-refractivity contribution in [1.29, 1.82) is 0 Å². The van der Waals surface area contributed by atoms with Crippen molar-refractivity contribution < 1.29 is 14.7 Å². The van der Waals surface area contributed by atoms with Crippen molar-refractivity contribution in [3.63, 3.8) is 0 Å². The number of hydrogen-bond donors (Lipinski definition) is 1. The third-order valence-corrected chi connectivity index (χ3v) is 4.22. The van der Waals surface area contributed by atoms with Gasteiger partial charge >= 0.3 is 5.97 Å². The zero-order valence-corrected chi connectivity index (χ0v) is 12.2. The molecule has 1 aliphatic heterocycles. The summed E-state index contributed by atoms with van der Waals surface area (Å²) in [7, 11) is 0. The van der Waals surface area contributed by atoms with Gasteiger partial charge in [0.15, 0.2) is 0 Å². The van der Waals surface area contributed by atoms with Crippen LogP contribution >= 0.6 is 23.4 Å². The molecule has 1 unspecified atom stereocenters. The number of benzene rings is 1. The molecule has 1 heterocycles. The quantitative estimate of drug-likeness (QED) is 0.871. The van der Waals surface area contributed by atoms with Gasteiger partial charge < -0.3 is 10.0 Å². The molecule has 6 heteroatoms. The Labute approximate surface area is 126 Å². The highest BCUT2D eigenvalue weighted by Crippen LogP contribution is 2.18. The van der Waals surface area contributed by atoms with Crippen molar-refractivity contribution in [2.75, 3.05) is 18.1 Å². The molecule has 0 bridgehead atoms. The molecule has 20 heavy (non-hydrogen) atoms. The predicted octanol–water partition coefficient (Wildman–Crippen LogP) is 2.38. The van der Waals surface area contributed by atoms with Crippen LogP contribution in [-0.4, -0.2) is 46.0 Å². The number of carboxylic acid groups (broad SMARTS) is 1. The lowest BCUT2D eigenvalue weighted by Crippen LogP contribution is -2.49. The van der Waals surface area contributed by atoms with E-state index in [1.165, 1.54) is 11.0 Å². The summed E-state index contributed by atoms with van der Waals surface area (Å²) in [5.74, 6) is -0.0357. The molecule has 2 rings (SSSR count). The molecule has 1 aliphatic rings. The molecule has 0 saturated carbocycles. The maximum atomic E-state index is 12.1. The Morgan fingerprint density at radius 3 is 2.95 bits per heavy atom. The molecule has 0 radical (unpaired) electrons. The zero-order valence-electron chi connectivity index (χ0n) is 10.7. The van der Waals surface area contributed by atoms with Gasteiger partial charge in [-0.1, -0.05) is 23.7 Å². The fourth-order valence-electron chi connectivity index (χ4n) is 1.95. The number of aliphatic carboxylic acids is 1. The van der Waals surface area contributed by atoms with E-state index in [4.69, 9.17) is 16.7 Å². The molecule has 1 aromatic carbocycles. The van der Waals surface area contributed by atoms with E-state index in [-0.39, 0.29) is 5.91 Å². The van der Waals surface area contributed by atoms with E-state index >= 15 is 0 Å². The van der Waals surface area contributed by atoms with Gasteiger partial charge in [0.1, 0.15) is 6.04 Å². The molecule has 1 atom stereocenters. The molecule has 0 spiro atoms. The van der Waals surface area contributed by atoms with E-state index in [1.807, 2.05) is 6.07 Å². The molecule has 1 saturated heterocycles. The number of halogens is 1. The minimum atomic E-state index is -0.957. The Bertz CT molecular complexity index is 547. The van der Waals surface area contributed by atoms with Crippen LogP contribution in [-0.2, 0) is 9.59 Å². The third kappa shape index (κ3) is 3.77. The van der Waals surface area contributed by atoms with Crippen LogP contribution in [0.15, 0.2) is 30.3 Å². The fourth-order valence-corrected chi connectivity index (χ4v) is 3.18. The van der Waals surface area contributed by atoms with Gasteiger partial charge in [0.25, 0.3) is 0 Å². The van der Waals surface area contributed by atoms with Crippen molar-refractivity contribution in [3.05, 3.63) is 40.9 Å². The Morgan fingerprint density at radius 1 is 1.45 bits per heavy atom. The summed E-state index contributed by atoms with van der Waals surface area (Å²) in [6.07, 6.45) is 3.05. The topological polar surface area (TPSA) is 57.6 Å². The number of hydrogen-bond acceptors (Lipinski definition) is 3. The smallest absolute Gasteiger partial charge is 0.327 e. The Kier molecular flexibility index (Phi) is 5.09. The van der Waals surface area contributed by atoms with E-state index in [0.717, 1.165) is 11.3 Å². The van der Waals surface area contributed by atoms with Crippen molar-refractivity contribution in [3.8, 4) is 0 Å². The summed E-state index contributed by atoms with van der Waals surface area (Å²) >= 11 is 7.42. The summed E-state index contributed by atoms with van der Waals surface area (Å²) < 4.78 is 0. The summed E-state index contributed by atoms with van der Waals surface area (Å²) in [6, 6.07) is 6.38. The average Bonchev–Trinajstić information content (AvgIpc) is 2.45. The van der Waals surface area contributed by atoms with Crippen LogP contribution in [0, 0.1) is 0 Å². The van der Waals surface area contributed by atoms with E-state index < -0.39 is 12.0 Å². The van der Waals surface area contributed by atoms with Crippen LogP contribution in [0.25, 0.3) is 6.08 Å². The van der Waals surface area contributed by atoms with Gasteiger partial charge in [-0.05, 0) is 23.8 Å². The number of thioether (sulfide) groups is 1. The second kappa shape index (κ2) is 6.81. The van der Waals surface area contributed by atoms with Gasteiger partial charge in [-0.3, -0.25) is 4.79 Å². The lowest BCUT2D eigenvalue weighted by molar-refractivity contribution is -0.147. The molecule has 0 aromatic heterocycles. The van der Waals surface area contributed by atoms with E-state index in [2.05, 4.69) is 0 Å². The van der Waals surface area contributed by atoms with Crippen LogP contribution in [0.4, 0.5) is 0 Å². The molecular weight excluding hydrogens is 298 g/mol. The standard InChI is InChI=1S/C14H14ClNO3S/c15-11-3-1-2-10(8-11)4-5-13(17)16-6-7-20-9-12(16)14(18)19/h1-5,8,12H,6-7,9H2,(H,18,19)/b5-4+. The third-order valence-electron chi connectivity index (χ3n) is 2.96. The monoisotopic (exact) mass is 311 g/mol. The van der Waals surface area contributed by atoms with E-state index in [1.54, 1.807) is 36.0 Å². The first-order chi connectivity index (χ1) is 9.58. The fraction of sp³-hybridized carbons (Fsp3) is 0.286. The van der Waals surface area contributed by atoms with Gasteiger partial charge in [-0.25, -0.2) is 4.79 Å². The minimum Gasteiger partial charge on any atom is -0.480 e. The number of rotatable bonds is 3. The normalized spacial score (nSPS) is 19.2. The van der Waals surface area contributed by atoms with E-state index in [9.17, 15) is 9.59 Å². The highest BCUT2D eigenvalue weighted by molar-refractivity contribution is 7.99. The largest absolute Gasteiger partial charge is 0.480 e. The van der Waals surface area contributed by atoms with Gasteiger partial charge in [0, 0.05) is 29.1 Å². The van der Waals surface area contributed by atoms with Crippen LogP contribution in [0.2, 0.25) is 5.02 Å². The van der Waals surface area contributed by atoms with Crippen LogP contribution in [0.1, 0.15) is 5.56 Å². The molecular formula is C14H14ClNO3S. The van der Waals surface area contributed by atoms with Crippen molar-refractivity contribution in [2.45, 2.75) is 6.04 Å². The molecule has 1 amide bonds. The van der Waals surface area contributed by atoms with E-state index in [0.29, 0.717) is 17.3 Å². The molecule has 1 aromatic rings. The van der Waals surface area contributed by atoms with Gasteiger partial charge in [-0.15, -0.1) is 0 Å². The number of amides is 1. The Morgan fingerprint density at radius 2 is 2.25 bits per heavy atom. The minimum absolute atomic E-state index is 0.280. The lowest BCUT2D eigenvalue weighted by Gasteiger charge is -2.31. The number of carboxylic acids is 1. The van der Waals surface area contributed by atoms with Gasteiger partial charge in [0.2, 0.25) is 5.91 Å². The summed E-state index contributed by atoms with van der Waals surface area (Å²) in [6.45, 7) is 0.459. The molecule has 0 aliphatic carbocycles.